The number of aryl methyl sites for hydroxylation is 1. The molecule has 4 rings (SSSR count). The van der Waals surface area contributed by atoms with E-state index in [0.717, 1.165) is 17.7 Å². The lowest BCUT2D eigenvalue weighted by Gasteiger charge is -2.12. The van der Waals surface area contributed by atoms with Crippen molar-refractivity contribution in [2.75, 3.05) is 19.0 Å². The van der Waals surface area contributed by atoms with Crippen LogP contribution in [0.25, 0.3) is 16.4 Å². The zero-order valence-electron chi connectivity index (χ0n) is 14.6. The van der Waals surface area contributed by atoms with Gasteiger partial charge in [0.25, 0.3) is 0 Å². The van der Waals surface area contributed by atoms with Gasteiger partial charge in [0.2, 0.25) is 11.8 Å². The van der Waals surface area contributed by atoms with Crippen LogP contribution in [-0.4, -0.2) is 28.5 Å². The molecule has 126 valence electrons. The van der Waals surface area contributed by atoms with Gasteiger partial charge in [0.05, 0.1) is 5.52 Å². The van der Waals surface area contributed by atoms with E-state index in [1.54, 1.807) is 12.3 Å². The zero-order chi connectivity index (χ0) is 17.4. The van der Waals surface area contributed by atoms with Crippen LogP contribution < -0.4 is 9.64 Å². The van der Waals surface area contributed by atoms with Crippen molar-refractivity contribution in [3.8, 4) is 11.6 Å². The van der Waals surface area contributed by atoms with Crippen LogP contribution in [0.5, 0.6) is 11.6 Å². The van der Waals surface area contributed by atoms with E-state index in [9.17, 15) is 0 Å². The fourth-order valence-corrected chi connectivity index (χ4v) is 3.05. The topological polar surface area (TPSA) is 42.7 Å². The molecule has 3 aromatic heterocycles. The Balaban J connectivity index is 1.82. The van der Waals surface area contributed by atoms with Crippen molar-refractivity contribution in [2.45, 2.75) is 13.3 Å². The SMILES string of the molecule is CCc1cc(Oc2ccnc(N(C)C)n2)cc2c1cc1ccccn12. The van der Waals surface area contributed by atoms with Gasteiger partial charge in [-0.05, 0) is 36.2 Å². The number of ether oxygens (including phenoxy) is 1. The van der Waals surface area contributed by atoms with Gasteiger partial charge in [0.1, 0.15) is 5.75 Å². The van der Waals surface area contributed by atoms with Crippen molar-refractivity contribution in [1.82, 2.24) is 14.4 Å². The largest absolute Gasteiger partial charge is 0.439 e. The lowest BCUT2D eigenvalue weighted by Crippen LogP contribution is -2.12. The molecule has 0 unspecified atom stereocenters. The van der Waals surface area contributed by atoms with Crippen molar-refractivity contribution in [3.05, 3.63) is 60.4 Å². The monoisotopic (exact) mass is 332 g/mol. The first-order chi connectivity index (χ1) is 12.2. The first-order valence-electron chi connectivity index (χ1n) is 8.36. The van der Waals surface area contributed by atoms with Crippen LogP contribution in [-0.2, 0) is 6.42 Å². The summed E-state index contributed by atoms with van der Waals surface area (Å²) in [6, 6.07) is 14.4. The van der Waals surface area contributed by atoms with Crippen molar-refractivity contribution in [1.29, 1.82) is 0 Å². The van der Waals surface area contributed by atoms with Gasteiger partial charge in [-0.25, -0.2) is 4.98 Å². The van der Waals surface area contributed by atoms with E-state index in [2.05, 4.69) is 57.8 Å². The fourth-order valence-electron chi connectivity index (χ4n) is 3.05. The summed E-state index contributed by atoms with van der Waals surface area (Å²) < 4.78 is 8.23. The first kappa shape index (κ1) is 15.4. The second-order valence-corrected chi connectivity index (χ2v) is 6.20. The lowest BCUT2D eigenvalue weighted by molar-refractivity contribution is 0.461. The Hall–Kier alpha value is -3.08. The van der Waals surface area contributed by atoms with Gasteiger partial charge in [-0.1, -0.05) is 13.0 Å². The molecule has 0 saturated carbocycles. The third-order valence-corrected chi connectivity index (χ3v) is 4.28. The number of hydrogen-bond acceptors (Lipinski definition) is 4. The van der Waals surface area contributed by atoms with Crippen molar-refractivity contribution in [2.24, 2.45) is 0 Å². The standard InChI is InChI=1S/C20H20N4O/c1-4-14-11-16(25-19-8-9-21-20(22-19)23(2)3)13-18-17(14)12-15-7-5-6-10-24(15)18/h5-13H,4H2,1-3H3. The molecule has 0 radical (unpaired) electrons. The van der Waals surface area contributed by atoms with E-state index in [1.165, 1.54) is 16.5 Å². The number of nitrogens with zero attached hydrogens (tertiary/aromatic N) is 4. The maximum absolute atomic E-state index is 6.05. The summed E-state index contributed by atoms with van der Waals surface area (Å²) in [4.78, 5) is 10.5. The molecule has 0 N–H and O–H groups in total. The number of anilines is 1. The Kier molecular flexibility index (Phi) is 3.76. The van der Waals surface area contributed by atoms with Gasteiger partial charge < -0.3 is 14.0 Å². The van der Waals surface area contributed by atoms with Crippen molar-refractivity contribution < 1.29 is 4.74 Å². The number of rotatable bonds is 4. The summed E-state index contributed by atoms with van der Waals surface area (Å²) in [7, 11) is 3.82. The van der Waals surface area contributed by atoms with Gasteiger partial charge in [0, 0.05) is 49.5 Å². The molecule has 4 aromatic rings. The Bertz CT molecular complexity index is 1050. The molecule has 0 atom stereocenters. The number of fused-ring (bicyclic) bond motifs is 3. The average molecular weight is 332 g/mol. The van der Waals surface area contributed by atoms with Crippen LogP contribution in [0.4, 0.5) is 5.95 Å². The molecule has 0 amide bonds. The van der Waals surface area contributed by atoms with Gasteiger partial charge in [0.15, 0.2) is 0 Å². The second-order valence-electron chi connectivity index (χ2n) is 6.20. The number of benzene rings is 1. The highest BCUT2D eigenvalue weighted by Gasteiger charge is 2.10. The molecule has 25 heavy (non-hydrogen) atoms. The molecule has 0 aliphatic carbocycles. The second kappa shape index (κ2) is 6.09. The van der Waals surface area contributed by atoms with Gasteiger partial charge in [-0.15, -0.1) is 0 Å². The number of pyridine rings is 1. The highest BCUT2D eigenvalue weighted by Crippen LogP contribution is 2.31. The summed E-state index contributed by atoms with van der Waals surface area (Å²) >= 11 is 0. The molecule has 5 heteroatoms. The molecule has 0 saturated heterocycles. The third kappa shape index (κ3) is 2.78. The van der Waals surface area contributed by atoms with Crippen molar-refractivity contribution in [3.63, 3.8) is 0 Å². The van der Waals surface area contributed by atoms with Crippen LogP contribution in [0.15, 0.2) is 54.9 Å². The smallest absolute Gasteiger partial charge is 0.228 e. The fraction of sp³-hybridized carbons (Fsp3) is 0.200. The Morgan fingerprint density at radius 3 is 2.80 bits per heavy atom. The molecule has 5 nitrogen and oxygen atoms in total. The van der Waals surface area contributed by atoms with E-state index in [-0.39, 0.29) is 0 Å². The molecular weight excluding hydrogens is 312 g/mol. The summed E-state index contributed by atoms with van der Waals surface area (Å²) in [5.41, 5.74) is 3.59. The Morgan fingerprint density at radius 1 is 1.12 bits per heavy atom. The van der Waals surface area contributed by atoms with Crippen LogP contribution in [0.1, 0.15) is 12.5 Å². The molecule has 0 aliphatic heterocycles. The molecule has 0 aliphatic rings. The van der Waals surface area contributed by atoms with E-state index >= 15 is 0 Å². The molecule has 0 bridgehead atoms. The lowest BCUT2D eigenvalue weighted by atomic mass is 10.1. The summed E-state index contributed by atoms with van der Waals surface area (Å²) in [5.74, 6) is 1.96. The molecule has 1 aromatic carbocycles. The normalized spacial score (nSPS) is 11.2. The summed E-state index contributed by atoms with van der Waals surface area (Å²) in [6.07, 6.45) is 4.73. The van der Waals surface area contributed by atoms with E-state index in [0.29, 0.717) is 11.8 Å². The molecular formula is C20H20N4O. The first-order valence-corrected chi connectivity index (χ1v) is 8.36. The maximum Gasteiger partial charge on any atom is 0.228 e. The van der Waals surface area contributed by atoms with Crippen molar-refractivity contribution >= 4 is 22.4 Å². The highest BCUT2D eigenvalue weighted by molar-refractivity contribution is 5.91. The van der Waals surface area contributed by atoms with Crippen LogP contribution in [0.3, 0.4) is 0 Å². The predicted octanol–water partition coefficient (Wildman–Crippen LogP) is 4.30. The van der Waals surface area contributed by atoms with Crippen LogP contribution >= 0.6 is 0 Å². The quantitative estimate of drug-likeness (QED) is 0.559. The molecule has 0 spiro atoms. The molecule has 3 heterocycles. The van der Waals surface area contributed by atoms with Gasteiger partial charge in [-0.3, -0.25) is 0 Å². The van der Waals surface area contributed by atoms with E-state index in [1.807, 2.05) is 25.1 Å². The number of aromatic nitrogens is 3. The summed E-state index contributed by atoms with van der Waals surface area (Å²) in [6.45, 7) is 2.16. The van der Waals surface area contributed by atoms with Crippen LogP contribution in [0.2, 0.25) is 0 Å². The van der Waals surface area contributed by atoms with Gasteiger partial charge >= 0.3 is 0 Å². The minimum Gasteiger partial charge on any atom is -0.439 e. The highest BCUT2D eigenvalue weighted by atomic mass is 16.5. The van der Waals surface area contributed by atoms with Crippen LogP contribution in [0, 0.1) is 0 Å². The average Bonchev–Trinajstić information content (AvgIpc) is 3.00. The van der Waals surface area contributed by atoms with E-state index < -0.39 is 0 Å². The third-order valence-electron chi connectivity index (χ3n) is 4.28. The minimum atomic E-state index is 0.543. The molecule has 0 fully saturated rings. The summed E-state index contributed by atoms with van der Waals surface area (Å²) in [5, 5.41) is 1.26. The Morgan fingerprint density at radius 2 is 2.00 bits per heavy atom. The Labute approximate surface area is 146 Å². The zero-order valence-corrected chi connectivity index (χ0v) is 14.6. The van der Waals surface area contributed by atoms with E-state index in [4.69, 9.17) is 4.74 Å². The van der Waals surface area contributed by atoms with Gasteiger partial charge in [-0.2, -0.15) is 4.98 Å². The minimum absolute atomic E-state index is 0.543. The number of hydrogen-bond donors (Lipinski definition) is 0. The predicted molar refractivity (Wildman–Crippen MR) is 101 cm³/mol. The maximum atomic E-state index is 6.05.